The van der Waals surface area contributed by atoms with E-state index in [-0.39, 0.29) is 11.8 Å². The minimum absolute atomic E-state index is 0.0590. The molecule has 5 nitrogen and oxygen atoms in total. The van der Waals surface area contributed by atoms with Gasteiger partial charge in [0.2, 0.25) is 5.91 Å². The van der Waals surface area contributed by atoms with E-state index in [9.17, 15) is 4.79 Å². The molecule has 0 spiro atoms. The van der Waals surface area contributed by atoms with Crippen LogP contribution in [0.5, 0.6) is 0 Å². The maximum atomic E-state index is 12.8. The summed E-state index contributed by atoms with van der Waals surface area (Å²) >= 11 is 7.62. The molecular weight excluding hydrogens is 416 g/mol. The molecule has 1 unspecified atom stereocenters. The molecule has 2 aromatic carbocycles. The Hall–Kier alpha value is -2.57. The van der Waals surface area contributed by atoms with Crippen molar-refractivity contribution in [3.63, 3.8) is 0 Å². The summed E-state index contributed by atoms with van der Waals surface area (Å²) in [4.78, 5) is 16.1. The standard InChI is InChI=1S/C23H23ClN4OS/c1-30-20-6-2-5-19(14-20)25-23(29)17-4-3-13-28(15-17)22-12-11-21(26-27-22)16-7-9-18(24)10-8-16/h2,5-12,14,17H,3-4,13,15H2,1H3,(H,25,29). The Balaban J connectivity index is 1.41. The fraction of sp³-hybridized carbons (Fsp3) is 0.261. The number of benzene rings is 2. The van der Waals surface area contributed by atoms with Crippen molar-refractivity contribution in [3.05, 3.63) is 65.7 Å². The highest BCUT2D eigenvalue weighted by Gasteiger charge is 2.27. The molecule has 1 aliphatic heterocycles. The molecule has 1 aromatic heterocycles. The van der Waals surface area contributed by atoms with Crippen LogP contribution in [0.15, 0.2) is 65.6 Å². The number of anilines is 2. The van der Waals surface area contributed by atoms with Crippen molar-refractivity contribution in [2.24, 2.45) is 5.92 Å². The molecule has 1 saturated heterocycles. The first-order chi connectivity index (χ1) is 14.6. The van der Waals surface area contributed by atoms with Gasteiger partial charge in [-0.2, -0.15) is 0 Å². The number of amides is 1. The summed E-state index contributed by atoms with van der Waals surface area (Å²) in [5.74, 6) is 0.785. The third-order valence-electron chi connectivity index (χ3n) is 5.24. The van der Waals surface area contributed by atoms with Crippen LogP contribution in [0.25, 0.3) is 11.3 Å². The lowest BCUT2D eigenvalue weighted by Crippen LogP contribution is -2.41. The monoisotopic (exact) mass is 438 g/mol. The predicted octanol–water partition coefficient (Wildman–Crippen LogP) is 5.37. The minimum atomic E-state index is -0.0746. The van der Waals surface area contributed by atoms with Gasteiger partial charge in [-0.3, -0.25) is 4.79 Å². The SMILES string of the molecule is CSc1cccc(NC(=O)C2CCCN(c3ccc(-c4ccc(Cl)cc4)nn3)C2)c1. The smallest absolute Gasteiger partial charge is 0.229 e. The topological polar surface area (TPSA) is 58.1 Å². The molecule has 0 aliphatic carbocycles. The molecule has 1 N–H and O–H groups in total. The maximum absolute atomic E-state index is 12.8. The average Bonchev–Trinajstić information content (AvgIpc) is 2.80. The Morgan fingerprint density at radius 2 is 1.97 bits per heavy atom. The molecule has 1 fully saturated rings. The van der Waals surface area contributed by atoms with Crippen molar-refractivity contribution >= 4 is 40.8 Å². The molecule has 1 atom stereocenters. The Kier molecular flexibility index (Phi) is 6.55. The number of carbonyl (C=O) groups excluding carboxylic acids is 1. The summed E-state index contributed by atoms with van der Waals surface area (Å²) in [7, 11) is 0. The molecule has 0 radical (unpaired) electrons. The first-order valence-electron chi connectivity index (χ1n) is 9.92. The van der Waals surface area contributed by atoms with E-state index in [2.05, 4.69) is 20.4 Å². The van der Waals surface area contributed by atoms with Gasteiger partial charge in [-0.15, -0.1) is 22.0 Å². The molecule has 0 saturated carbocycles. The largest absolute Gasteiger partial charge is 0.354 e. The van der Waals surface area contributed by atoms with E-state index in [0.717, 1.165) is 47.0 Å². The highest BCUT2D eigenvalue weighted by Crippen LogP contribution is 2.25. The lowest BCUT2D eigenvalue weighted by atomic mass is 9.97. The van der Waals surface area contributed by atoms with Gasteiger partial charge in [0.15, 0.2) is 5.82 Å². The number of nitrogens with one attached hydrogen (secondary N) is 1. The van der Waals surface area contributed by atoms with Crippen molar-refractivity contribution in [2.75, 3.05) is 29.6 Å². The Labute approximate surface area is 185 Å². The van der Waals surface area contributed by atoms with E-state index in [4.69, 9.17) is 11.6 Å². The number of thioether (sulfide) groups is 1. The van der Waals surface area contributed by atoms with E-state index >= 15 is 0 Å². The van der Waals surface area contributed by atoms with Gasteiger partial charge in [0.1, 0.15) is 0 Å². The van der Waals surface area contributed by atoms with E-state index in [1.807, 2.05) is 66.9 Å². The highest BCUT2D eigenvalue weighted by atomic mass is 35.5. The Morgan fingerprint density at radius 3 is 2.70 bits per heavy atom. The van der Waals surface area contributed by atoms with Crippen LogP contribution in [0.1, 0.15) is 12.8 Å². The van der Waals surface area contributed by atoms with Gasteiger partial charge in [0, 0.05) is 34.3 Å². The number of rotatable bonds is 5. The van der Waals surface area contributed by atoms with Crippen molar-refractivity contribution < 1.29 is 4.79 Å². The lowest BCUT2D eigenvalue weighted by molar-refractivity contribution is -0.120. The maximum Gasteiger partial charge on any atom is 0.229 e. The zero-order chi connectivity index (χ0) is 20.9. The number of halogens is 1. The van der Waals surface area contributed by atoms with E-state index in [1.165, 1.54) is 0 Å². The van der Waals surface area contributed by atoms with E-state index < -0.39 is 0 Å². The molecule has 2 heterocycles. The van der Waals surface area contributed by atoms with Gasteiger partial charge in [-0.25, -0.2) is 0 Å². The van der Waals surface area contributed by atoms with Crippen molar-refractivity contribution in [1.82, 2.24) is 10.2 Å². The van der Waals surface area contributed by atoms with Crippen molar-refractivity contribution in [2.45, 2.75) is 17.7 Å². The molecule has 154 valence electrons. The highest BCUT2D eigenvalue weighted by molar-refractivity contribution is 7.98. The molecule has 4 rings (SSSR count). The van der Waals surface area contributed by atoms with Gasteiger partial charge in [0.05, 0.1) is 11.6 Å². The van der Waals surface area contributed by atoms with Crippen LogP contribution < -0.4 is 10.2 Å². The first-order valence-corrected chi connectivity index (χ1v) is 11.5. The van der Waals surface area contributed by atoms with Gasteiger partial charge in [0.25, 0.3) is 0 Å². The molecule has 0 bridgehead atoms. The third kappa shape index (κ3) is 4.94. The quantitative estimate of drug-likeness (QED) is 0.542. The number of nitrogens with zero attached hydrogens (tertiary/aromatic N) is 3. The number of piperidine rings is 1. The first kappa shape index (κ1) is 20.7. The minimum Gasteiger partial charge on any atom is -0.354 e. The van der Waals surface area contributed by atoms with E-state index in [0.29, 0.717) is 11.6 Å². The number of hydrogen-bond acceptors (Lipinski definition) is 5. The van der Waals surface area contributed by atoms with Gasteiger partial charge in [-0.05, 0) is 61.6 Å². The normalized spacial score (nSPS) is 16.3. The summed E-state index contributed by atoms with van der Waals surface area (Å²) < 4.78 is 0. The fourth-order valence-corrected chi connectivity index (χ4v) is 4.20. The van der Waals surface area contributed by atoms with Crippen molar-refractivity contribution in [3.8, 4) is 11.3 Å². The van der Waals surface area contributed by atoms with Gasteiger partial charge < -0.3 is 10.2 Å². The molecule has 1 aliphatic rings. The van der Waals surface area contributed by atoms with Crippen LogP contribution in [0, 0.1) is 5.92 Å². The number of aromatic nitrogens is 2. The second-order valence-corrected chi connectivity index (χ2v) is 8.61. The van der Waals surface area contributed by atoms with Gasteiger partial charge in [-0.1, -0.05) is 29.8 Å². The Morgan fingerprint density at radius 1 is 1.13 bits per heavy atom. The van der Waals surface area contributed by atoms with Crippen LogP contribution in [0.4, 0.5) is 11.5 Å². The fourth-order valence-electron chi connectivity index (χ4n) is 3.61. The van der Waals surface area contributed by atoms with E-state index in [1.54, 1.807) is 11.8 Å². The summed E-state index contributed by atoms with van der Waals surface area (Å²) in [6.45, 7) is 1.52. The lowest BCUT2D eigenvalue weighted by Gasteiger charge is -2.32. The second kappa shape index (κ2) is 9.49. The molecule has 7 heteroatoms. The third-order valence-corrected chi connectivity index (χ3v) is 6.22. The molecular formula is C23H23ClN4OS. The zero-order valence-electron chi connectivity index (χ0n) is 16.7. The average molecular weight is 439 g/mol. The molecule has 3 aromatic rings. The predicted molar refractivity (Wildman–Crippen MR) is 124 cm³/mol. The summed E-state index contributed by atoms with van der Waals surface area (Å²) in [5.41, 5.74) is 2.62. The molecule has 30 heavy (non-hydrogen) atoms. The zero-order valence-corrected chi connectivity index (χ0v) is 18.3. The summed E-state index contributed by atoms with van der Waals surface area (Å²) in [6.07, 6.45) is 3.85. The summed E-state index contributed by atoms with van der Waals surface area (Å²) in [5, 5.41) is 12.5. The van der Waals surface area contributed by atoms with Crippen LogP contribution in [0.2, 0.25) is 5.02 Å². The second-order valence-electron chi connectivity index (χ2n) is 7.29. The van der Waals surface area contributed by atoms with Crippen molar-refractivity contribution in [1.29, 1.82) is 0 Å². The van der Waals surface area contributed by atoms with Crippen LogP contribution in [-0.2, 0) is 4.79 Å². The van der Waals surface area contributed by atoms with Gasteiger partial charge >= 0.3 is 0 Å². The number of carbonyl (C=O) groups is 1. The Bertz CT molecular complexity index is 1010. The number of hydrogen-bond donors (Lipinski definition) is 1. The summed E-state index contributed by atoms with van der Waals surface area (Å²) in [6, 6.07) is 19.4. The van der Waals surface area contributed by atoms with Crippen LogP contribution in [-0.4, -0.2) is 35.4 Å². The molecule has 1 amide bonds. The van der Waals surface area contributed by atoms with Crippen LogP contribution >= 0.6 is 23.4 Å². The van der Waals surface area contributed by atoms with Crippen LogP contribution in [0.3, 0.4) is 0 Å².